The van der Waals surface area contributed by atoms with Crippen LogP contribution < -0.4 is 25.4 Å². The number of urea groups is 1. The first kappa shape index (κ1) is 36.0. The lowest BCUT2D eigenvalue weighted by molar-refractivity contribution is -0.133. The highest BCUT2D eigenvalue weighted by atomic mass is 16.5. The number of anilines is 3. The Kier molecular flexibility index (Phi) is 11.2. The molecule has 11 nitrogen and oxygen atoms in total. The Morgan fingerprint density at radius 3 is 2.20 bits per heavy atom. The van der Waals surface area contributed by atoms with Gasteiger partial charge in [0.25, 0.3) is 0 Å². The van der Waals surface area contributed by atoms with Gasteiger partial charge in [0.1, 0.15) is 11.5 Å². The van der Waals surface area contributed by atoms with E-state index in [9.17, 15) is 14.4 Å². The molecule has 4 amide bonds. The normalized spacial score (nSPS) is 14.9. The van der Waals surface area contributed by atoms with Crippen LogP contribution in [0.4, 0.5) is 26.7 Å². The molecule has 1 saturated heterocycles. The fourth-order valence-corrected chi connectivity index (χ4v) is 6.29. The molecular formula is C39H47N5O6. The van der Waals surface area contributed by atoms with E-state index in [1.807, 2.05) is 80.3 Å². The standard InChI is InChI=1S/C39H47N5O6/c1-8-28-24-43(18-19-44(28)25(2)45)23-26-12-11-13-29(20-26)50-35-17-16-32(30-14-9-10-15-31(30)35)40-37(46)41-33-21-27(39(3,4)5)22-34(36(33)48-6)42-38(47)49-7/h9-17,20-22,28H,8,18-19,23-24H2,1-7H3,(H,42,47)(H2,40,41,46). The topological polar surface area (TPSA) is 121 Å². The van der Waals surface area contributed by atoms with Gasteiger partial charge in [-0.2, -0.15) is 0 Å². The van der Waals surface area contributed by atoms with Gasteiger partial charge in [-0.3, -0.25) is 15.0 Å². The SMILES string of the molecule is CCC1CN(Cc2cccc(Oc3ccc(NC(=O)Nc4cc(C(C)(C)C)cc(NC(=O)OC)c4OC)c4ccccc34)c2)CCN1C(C)=O. The molecule has 50 heavy (non-hydrogen) atoms. The van der Waals surface area contributed by atoms with Crippen molar-refractivity contribution in [2.24, 2.45) is 0 Å². The maximum absolute atomic E-state index is 13.5. The molecule has 11 heteroatoms. The molecule has 1 heterocycles. The Morgan fingerprint density at radius 1 is 0.840 bits per heavy atom. The lowest BCUT2D eigenvalue weighted by atomic mass is 9.86. The van der Waals surface area contributed by atoms with Crippen molar-refractivity contribution in [1.29, 1.82) is 0 Å². The van der Waals surface area contributed by atoms with Crippen molar-refractivity contribution in [2.75, 3.05) is 49.8 Å². The summed E-state index contributed by atoms with van der Waals surface area (Å²) >= 11 is 0. The smallest absolute Gasteiger partial charge is 0.411 e. The van der Waals surface area contributed by atoms with Crippen molar-refractivity contribution in [3.63, 3.8) is 0 Å². The van der Waals surface area contributed by atoms with Crippen LogP contribution in [0.25, 0.3) is 10.8 Å². The third-order valence-corrected chi connectivity index (χ3v) is 8.94. The monoisotopic (exact) mass is 681 g/mol. The largest absolute Gasteiger partial charge is 0.492 e. The summed E-state index contributed by atoms with van der Waals surface area (Å²) in [6.07, 6.45) is 0.270. The Balaban J connectivity index is 1.34. The van der Waals surface area contributed by atoms with Crippen molar-refractivity contribution < 1.29 is 28.6 Å². The van der Waals surface area contributed by atoms with Crippen LogP contribution in [0.5, 0.6) is 17.2 Å². The fraction of sp³-hybridized carbons (Fsp3) is 0.359. The summed E-state index contributed by atoms with van der Waals surface area (Å²) in [5.41, 5.74) is 3.06. The molecule has 4 aromatic rings. The molecule has 1 fully saturated rings. The Bertz CT molecular complexity index is 1870. The average molecular weight is 682 g/mol. The van der Waals surface area contributed by atoms with Crippen LogP contribution >= 0.6 is 0 Å². The van der Waals surface area contributed by atoms with Gasteiger partial charge in [-0.15, -0.1) is 0 Å². The first-order valence-electron chi connectivity index (χ1n) is 16.8. The summed E-state index contributed by atoms with van der Waals surface area (Å²) in [6, 6.07) is 22.8. The molecule has 0 spiro atoms. The summed E-state index contributed by atoms with van der Waals surface area (Å²) in [6.45, 7) is 13.0. The van der Waals surface area contributed by atoms with Gasteiger partial charge in [0.05, 0.1) is 31.3 Å². The number of carbonyl (C=O) groups is 3. The Hall–Kier alpha value is -5.29. The first-order chi connectivity index (χ1) is 23.9. The van der Waals surface area contributed by atoms with Crippen molar-refractivity contribution in [3.05, 3.63) is 83.9 Å². The molecule has 1 unspecified atom stereocenters. The number of methoxy groups -OCH3 is 2. The van der Waals surface area contributed by atoms with Crippen molar-refractivity contribution in [3.8, 4) is 17.2 Å². The van der Waals surface area contributed by atoms with Crippen LogP contribution in [0, 0.1) is 0 Å². The van der Waals surface area contributed by atoms with Gasteiger partial charge in [-0.25, -0.2) is 9.59 Å². The number of fused-ring (bicyclic) bond motifs is 1. The number of rotatable bonds is 9. The molecule has 3 N–H and O–H groups in total. The molecule has 1 atom stereocenters. The molecule has 0 radical (unpaired) electrons. The molecule has 0 saturated carbocycles. The van der Waals surface area contributed by atoms with Crippen molar-refractivity contribution in [1.82, 2.24) is 9.80 Å². The molecule has 0 bridgehead atoms. The highest BCUT2D eigenvalue weighted by Crippen LogP contribution is 2.39. The second-order valence-corrected chi connectivity index (χ2v) is 13.5. The summed E-state index contributed by atoms with van der Waals surface area (Å²) in [7, 11) is 2.75. The zero-order valence-electron chi connectivity index (χ0n) is 29.9. The van der Waals surface area contributed by atoms with Gasteiger partial charge < -0.3 is 29.7 Å². The summed E-state index contributed by atoms with van der Waals surface area (Å²) in [4.78, 5) is 42.0. The van der Waals surface area contributed by atoms with Crippen molar-refractivity contribution >= 4 is 45.9 Å². The number of nitrogens with one attached hydrogen (secondary N) is 3. The van der Waals surface area contributed by atoms with Gasteiger partial charge >= 0.3 is 12.1 Å². The highest BCUT2D eigenvalue weighted by molar-refractivity contribution is 6.08. The Morgan fingerprint density at radius 2 is 1.54 bits per heavy atom. The quantitative estimate of drug-likeness (QED) is 0.163. The van der Waals surface area contributed by atoms with Gasteiger partial charge in [-0.05, 0) is 59.4 Å². The van der Waals surface area contributed by atoms with E-state index in [0.29, 0.717) is 28.6 Å². The van der Waals surface area contributed by atoms with E-state index in [1.165, 1.54) is 14.2 Å². The van der Waals surface area contributed by atoms with E-state index in [-0.39, 0.29) is 23.1 Å². The second-order valence-electron chi connectivity index (χ2n) is 13.5. The third kappa shape index (κ3) is 8.46. The molecule has 5 rings (SSSR count). The number of hydrogen-bond acceptors (Lipinski definition) is 7. The molecule has 1 aliphatic rings. The molecule has 4 aromatic carbocycles. The van der Waals surface area contributed by atoms with Gasteiger partial charge in [-0.1, -0.05) is 64.1 Å². The maximum Gasteiger partial charge on any atom is 0.411 e. The molecular weight excluding hydrogens is 634 g/mol. The van der Waals surface area contributed by atoms with Gasteiger partial charge in [0.2, 0.25) is 5.91 Å². The lowest BCUT2D eigenvalue weighted by Gasteiger charge is -2.40. The number of hydrogen-bond donors (Lipinski definition) is 3. The van der Waals surface area contributed by atoms with Crippen LogP contribution in [0.3, 0.4) is 0 Å². The van der Waals surface area contributed by atoms with E-state index in [1.54, 1.807) is 13.0 Å². The van der Waals surface area contributed by atoms with Crippen LogP contribution in [0.2, 0.25) is 0 Å². The van der Waals surface area contributed by atoms with E-state index < -0.39 is 12.1 Å². The number of benzene rings is 4. The summed E-state index contributed by atoms with van der Waals surface area (Å²) in [5.74, 6) is 1.79. The predicted molar refractivity (Wildman–Crippen MR) is 198 cm³/mol. The number of nitrogens with zero attached hydrogens (tertiary/aromatic N) is 2. The third-order valence-electron chi connectivity index (χ3n) is 8.94. The molecule has 0 aliphatic carbocycles. The Labute approximate surface area is 293 Å². The van der Waals surface area contributed by atoms with Crippen molar-refractivity contribution in [2.45, 2.75) is 59.0 Å². The van der Waals surface area contributed by atoms with E-state index in [2.05, 4.69) is 39.9 Å². The van der Waals surface area contributed by atoms with Crippen LogP contribution in [0.15, 0.2) is 72.8 Å². The number of carbonyl (C=O) groups excluding carboxylic acids is 3. The maximum atomic E-state index is 13.5. The first-order valence-corrected chi connectivity index (χ1v) is 16.8. The molecule has 1 aliphatic heterocycles. The van der Waals surface area contributed by atoms with Gasteiger partial charge in [0, 0.05) is 49.9 Å². The second kappa shape index (κ2) is 15.5. The zero-order chi connectivity index (χ0) is 36.0. The summed E-state index contributed by atoms with van der Waals surface area (Å²) in [5, 5.41) is 10.2. The number of amides is 4. The van der Waals surface area contributed by atoms with Gasteiger partial charge in [0.15, 0.2) is 5.75 Å². The number of piperazine rings is 1. The minimum atomic E-state index is -0.653. The highest BCUT2D eigenvalue weighted by Gasteiger charge is 2.27. The lowest BCUT2D eigenvalue weighted by Crippen LogP contribution is -2.54. The molecule has 0 aromatic heterocycles. The predicted octanol–water partition coefficient (Wildman–Crippen LogP) is 8.20. The number of ether oxygens (including phenoxy) is 3. The van der Waals surface area contributed by atoms with Crippen LogP contribution in [-0.2, 0) is 21.5 Å². The average Bonchev–Trinajstić information content (AvgIpc) is 3.08. The minimum Gasteiger partial charge on any atom is -0.492 e. The minimum absolute atomic E-state index is 0.135. The van der Waals surface area contributed by atoms with Crippen LogP contribution in [-0.4, -0.2) is 67.7 Å². The van der Waals surface area contributed by atoms with E-state index >= 15 is 0 Å². The van der Waals surface area contributed by atoms with E-state index in [4.69, 9.17) is 14.2 Å². The summed E-state index contributed by atoms with van der Waals surface area (Å²) < 4.78 is 16.8. The fourth-order valence-electron chi connectivity index (χ4n) is 6.29. The zero-order valence-corrected chi connectivity index (χ0v) is 29.9. The molecule has 264 valence electrons. The van der Waals surface area contributed by atoms with Crippen LogP contribution in [0.1, 0.15) is 52.2 Å². The van der Waals surface area contributed by atoms with E-state index in [0.717, 1.165) is 54.5 Å².